The Bertz CT molecular complexity index is 616. The summed E-state index contributed by atoms with van der Waals surface area (Å²) in [5.74, 6) is 0.175. The van der Waals surface area contributed by atoms with Crippen LogP contribution in [0, 0.1) is 3.57 Å². The van der Waals surface area contributed by atoms with Gasteiger partial charge in [-0.15, -0.1) is 0 Å². The molecule has 1 heterocycles. The van der Waals surface area contributed by atoms with Gasteiger partial charge in [0.2, 0.25) is 0 Å². The Kier molecular flexibility index (Phi) is 3.17. The molecule has 1 aliphatic carbocycles. The van der Waals surface area contributed by atoms with E-state index in [1.165, 1.54) is 0 Å². The first-order chi connectivity index (χ1) is 9.15. The minimum Gasteiger partial charge on any atom is -0.395 e. The molecule has 5 nitrogen and oxygen atoms in total. The van der Waals surface area contributed by atoms with Crippen LogP contribution in [-0.2, 0) is 0 Å². The van der Waals surface area contributed by atoms with Crippen molar-refractivity contribution in [3.63, 3.8) is 0 Å². The number of nitrogen functional groups attached to an aromatic ring is 1. The number of nitrogens with two attached hydrogens (primary N) is 1. The molecule has 4 N–H and O–H groups in total. The molecule has 3 rings (SSSR count). The topological polar surface area (TPSA) is 83.8 Å². The molecule has 98 valence electrons. The van der Waals surface area contributed by atoms with Crippen LogP contribution in [0.2, 0.25) is 0 Å². The van der Waals surface area contributed by atoms with Crippen molar-refractivity contribution in [3.8, 4) is 0 Å². The standard InChI is InChI=1S/C13H13IN4O/c14-8-3-5-9(6-4-8)16-13(19)12-10(15)11(17-18-12)7-1-2-7/h3-7H,1-2,15H2,(H,16,19)(H,17,18). The zero-order chi connectivity index (χ0) is 13.4. The Labute approximate surface area is 124 Å². The summed E-state index contributed by atoms with van der Waals surface area (Å²) in [7, 11) is 0. The fourth-order valence-corrected chi connectivity index (χ4v) is 2.30. The van der Waals surface area contributed by atoms with Crippen LogP contribution in [0.25, 0.3) is 0 Å². The first-order valence-electron chi connectivity index (χ1n) is 6.06. The van der Waals surface area contributed by atoms with Crippen LogP contribution >= 0.6 is 22.6 Å². The van der Waals surface area contributed by atoms with Crippen molar-refractivity contribution >= 4 is 39.9 Å². The highest BCUT2D eigenvalue weighted by Gasteiger charge is 2.30. The molecule has 1 amide bonds. The summed E-state index contributed by atoms with van der Waals surface area (Å²) >= 11 is 2.21. The number of amides is 1. The van der Waals surface area contributed by atoms with Crippen LogP contribution in [0.4, 0.5) is 11.4 Å². The maximum Gasteiger partial charge on any atom is 0.278 e. The highest BCUT2D eigenvalue weighted by molar-refractivity contribution is 14.1. The quantitative estimate of drug-likeness (QED) is 0.729. The van der Waals surface area contributed by atoms with Gasteiger partial charge in [0.05, 0.1) is 11.4 Å². The third-order valence-corrected chi connectivity index (χ3v) is 3.86. The first-order valence-corrected chi connectivity index (χ1v) is 7.13. The summed E-state index contributed by atoms with van der Waals surface area (Å²) in [6, 6.07) is 7.56. The molecule has 2 aromatic rings. The number of benzene rings is 1. The summed E-state index contributed by atoms with van der Waals surface area (Å²) in [4.78, 5) is 12.1. The lowest BCUT2D eigenvalue weighted by atomic mass is 10.2. The summed E-state index contributed by atoms with van der Waals surface area (Å²) < 4.78 is 1.12. The van der Waals surface area contributed by atoms with E-state index in [0.29, 0.717) is 11.6 Å². The monoisotopic (exact) mass is 368 g/mol. The maximum absolute atomic E-state index is 12.1. The SMILES string of the molecule is Nc1c(C(=O)Nc2ccc(I)cc2)n[nH]c1C1CC1. The number of nitrogens with one attached hydrogen (secondary N) is 2. The van der Waals surface area contributed by atoms with Crippen molar-refractivity contribution < 1.29 is 4.79 Å². The van der Waals surface area contributed by atoms with E-state index < -0.39 is 0 Å². The van der Waals surface area contributed by atoms with E-state index in [2.05, 4.69) is 38.1 Å². The van der Waals surface area contributed by atoms with E-state index in [4.69, 9.17) is 5.73 Å². The second-order valence-corrected chi connectivity index (χ2v) is 5.88. The molecule has 1 aromatic heterocycles. The normalized spacial score (nSPS) is 14.4. The molecule has 0 spiro atoms. The number of halogens is 1. The lowest BCUT2D eigenvalue weighted by molar-refractivity contribution is 0.102. The maximum atomic E-state index is 12.1. The predicted octanol–water partition coefficient (Wildman–Crippen LogP) is 2.73. The van der Waals surface area contributed by atoms with Crippen molar-refractivity contribution in [3.05, 3.63) is 39.2 Å². The van der Waals surface area contributed by atoms with Gasteiger partial charge in [-0.2, -0.15) is 5.10 Å². The molecule has 0 bridgehead atoms. The number of aromatic nitrogens is 2. The smallest absolute Gasteiger partial charge is 0.278 e. The van der Waals surface area contributed by atoms with Gasteiger partial charge < -0.3 is 11.1 Å². The van der Waals surface area contributed by atoms with Gasteiger partial charge in [-0.25, -0.2) is 0 Å². The van der Waals surface area contributed by atoms with Gasteiger partial charge in [-0.3, -0.25) is 9.89 Å². The number of hydrogen-bond donors (Lipinski definition) is 3. The van der Waals surface area contributed by atoms with E-state index in [0.717, 1.165) is 27.8 Å². The molecule has 0 atom stereocenters. The molecular weight excluding hydrogens is 355 g/mol. The molecule has 0 saturated heterocycles. The van der Waals surface area contributed by atoms with E-state index in [-0.39, 0.29) is 11.6 Å². The van der Waals surface area contributed by atoms with Crippen molar-refractivity contribution in [2.75, 3.05) is 11.1 Å². The summed E-state index contributed by atoms with van der Waals surface area (Å²) in [5.41, 5.74) is 8.36. The fraction of sp³-hybridized carbons (Fsp3) is 0.231. The molecule has 1 fully saturated rings. The van der Waals surface area contributed by atoms with E-state index >= 15 is 0 Å². The number of anilines is 2. The van der Waals surface area contributed by atoms with Crippen LogP contribution < -0.4 is 11.1 Å². The Morgan fingerprint density at radius 2 is 2.05 bits per heavy atom. The number of rotatable bonds is 3. The zero-order valence-corrected chi connectivity index (χ0v) is 12.3. The molecule has 1 aliphatic rings. The predicted molar refractivity (Wildman–Crippen MR) is 82.1 cm³/mol. The van der Waals surface area contributed by atoms with Gasteiger partial charge in [0.1, 0.15) is 0 Å². The van der Waals surface area contributed by atoms with Gasteiger partial charge >= 0.3 is 0 Å². The minimum absolute atomic E-state index is 0.276. The first kappa shape index (κ1) is 12.5. The number of carbonyl (C=O) groups excluding carboxylic acids is 1. The lowest BCUT2D eigenvalue weighted by Gasteiger charge is -2.04. The summed E-state index contributed by atoms with van der Waals surface area (Å²) in [6.45, 7) is 0. The van der Waals surface area contributed by atoms with E-state index in [1.54, 1.807) is 0 Å². The van der Waals surface area contributed by atoms with Crippen LogP contribution in [0.15, 0.2) is 24.3 Å². The van der Waals surface area contributed by atoms with Crippen molar-refractivity contribution in [1.29, 1.82) is 0 Å². The Balaban J connectivity index is 1.78. The molecule has 0 aliphatic heterocycles. The van der Waals surface area contributed by atoms with Crippen LogP contribution in [0.5, 0.6) is 0 Å². The largest absolute Gasteiger partial charge is 0.395 e. The van der Waals surface area contributed by atoms with Crippen molar-refractivity contribution in [2.24, 2.45) is 0 Å². The van der Waals surface area contributed by atoms with Crippen molar-refractivity contribution in [1.82, 2.24) is 10.2 Å². The summed E-state index contributed by atoms with van der Waals surface area (Å²) in [6.07, 6.45) is 2.23. The highest BCUT2D eigenvalue weighted by Crippen LogP contribution is 2.42. The average molecular weight is 368 g/mol. The lowest BCUT2D eigenvalue weighted by Crippen LogP contribution is -2.14. The van der Waals surface area contributed by atoms with Gasteiger partial charge in [0.15, 0.2) is 5.69 Å². The molecule has 1 saturated carbocycles. The van der Waals surface area contributed by atoms with Crippen LogP contribution in [0.3, 0.4) is 0 Å². The zero-order valence-electron chi connectivity index (χ0n) is 10.1. The average Bonchev–Trinajstić information content (AvgIpc) is 3.15. The number of hydrogen-bond acceptors (Lipinski definition) is 3. The van der Waals surface area contributed by atoms with E-state index in [1.807, 2.05) is 24.3 Å². The van der Waals surface area contributed by atoms with Crippen LogP contribution in [0.1, 0.15) is 34.9 Å². The second-order valence-electron chi connectivity index (χ2n) is 4.63. The Morgan fingerprint density at radius 1 is 1.37 bits per heavy atom. The number of aromatic amines is 1. The Hall–Kier alpha value is -1.57. The molecule has 6 heteroatoms. The molecule has 19 heavy (non-hydrogen) atoms. The molecule has 0 radical (unpaired) electrons. The van der Waals surface area contributed by atoms with Gasteiger partial charge in [0, 0.05) is 15.2 Å². The van der Waals surface area contributed by atoms with Gasteiger partial charge in [0.25, 0.3) is 5.91 Å². The fourth-order valence-electron chi connectivity index (χ4n) is 1.94. The highest BCUT2D eigenvalue weighted by atomic mass is 127. The minimum atomic E-state index is -0.276. The molecule has 0 unspecified atom stereocenters. The van der Waals surface area contributed by atoms with Gasteiger partial charge in [-0.1, -0.05) is 0 Å². The number of H-pyrrole nitrogens is 1. The third-order valence-electron chi connectivity index (χ3n) is 3.14. The Morgan fingerprint density at radius 3 is 2.68 bits per heavy atom. The van der Waals surface area contributed by atoms with Crippen molar-refractivity contribution in [2.45, 2.75) is 18.8 Å². The molecule has 1 aromatic carbocycles. The summed E-state index contributed by atoms with van der Waals surface area (Å²) in [5, 5.41) is 9.70. The third kappa shape index (κ3) is 2.58. The van der Waals surface area contributed by atoms with Gasteiger partial charge in [-0.05, 0) is 59.7 Å². The number of nitrogens with zero attached hydrogens (tertiary/aromatic N) is 1. The number of carbonyl (C=O) groups is 1. The van der Waals surface area contributed by atoms with E-state index in [9.17, 15) is 4.79 Å². The second kappa shape index (κ2) is 4.84. The molecular formula is C13H13IN4O. The van der Waals surface area contributed by atoms with Crippen LogP contribution in [-0.4, -0.2) is 16.1 Å².